The van der Waals surface area contributed by atoms with E-state index in [2.05, 4.69) is 15.3 Å². The van der Waals surface area contributed by atoms with Crippen LogP contribution in [0.3, 0.4) is 0 Å². The van der Waals surface area contributed by atoms with Gasteiger partial charge in [-0.1, -0.05) is 12.8 Å². The van der Waals surface area contributed by atoms with Crippen LogP contribution in [0.25, 0.3) is 11.0 Å². The molecule has 0 amide bonds. The number of nitrogens with one attached hydrogen (secondary N) is 1. The fourth-order valence-electron chi connectivity index (χ4n) is 2.94. The molecule has 6 heteroatoms. The minimum atomic E-state index is -0.368. The van der Waals surface area contributed by atoms with Crippen LogP contribution < -0.4 is 10.1 Å². The van der Waals surface area contributed by atoms with E-state index < -0.39 is 0 Å². The van der Waals surface area contributed by atoms with Crippen molar-refractivity contribution in [3.63, 3.8) is 0 Å². The summed E-state index contributed by atoms with van der Waals surface area (Å²) in [5.74, 6) is 0.0323. The van der Waals surface area contributed by atoms with Crippen LogP contribution in [0.4, 0.5) is 4.39 Å². The molecule has 3 rings (SSSR count). The van der Waals surface area contributed by atoms with Gasteiger partial charge in [-0.05, 0) is 25.0 Å². The number of hydrogen-bond acceptors (Lipinski definition) is 5. The summed E-state index contributed by atoms with van der Waals surface area (Å²) in [6.07, 6.45) is 4.98. The van der Waals surface area contributed by atoms with E-state index in [0.717, 1.165) is 25.7 Å². The number of aliphatic hydroxyl groups is 1. The molecule has 0 radical (unpaired) electrons. The van der Waals surface area contributed by atoms with Crippen LogP contribution in [0.2, 0.25) is 0 Å². The van der Waals surface area contributed by atoms with E-state index in [-0.39, 0.29) is 18.0 Å². The SMILES string of the molecule is COc1cnc2ccc(F)c(CN[C@H]3CCCC[C@H]3O)c2n1. The molecule has 2 N–H and O–H groups in total. The summed E-state index contributed by atoms with van der Waals surface area (Å²) in [7, 11) is 1.51. The molecule has 1 fully saturated rings. The highest BCUT2D eigenvalue weighted by molar-refractivity contribution is 5.78. The Labute approximate surface area is 128 Å². The van der Waals surface area contributed by atoms with E-state index in [4.69, 9.17) is 4.74 Å². The van der Waals surface area contributed by atoms with Gasteiger partial charge in [0, 0.05) is 18.2 Å². The first-order chi connectivity index (χ1) is 10.7. The average molecular weight is 305 g/mol. The zero-order valence-corrected chi connectivity index (χ0v) is 12.6. The van der Waals surface area contributed by atoms with Crippen molar-refractivity contribution in [1.29, 1.82) is 0 Å². The van der Waals surface area contributed by atoms with Crippen LogP contribution in [0.1, 0.15) is 31.2 Å². The van der Waals surface area contributed by atoms with E-state index in [1.54, 1.807) is 6.07 Å². The molecular formula is C16H20FN3O2. The van der Waals surface area contributed by atoms with Gasteiger partial charge >= 0.3 is 0 Å². The van der Waals surface area contributed by atoms with Crippen molar-refractivity contribution in [2.75, 3.05) is 7.11 Å². The van der Waals surface area contributed by atoms with Gasteiger partial charge in [-0.15, -0.1) is 0 Å². The van der Waals surface area contributed by atoms with E-state index in [9.17, 15) is 9.50 Å². The highest BCUT2D eigenvalue weighted by atomic mass is 19.1. The van der Waals surface area contributed by atoms with Crippen LogP contribution in [0.15, 0.2) is 18.3 Å². The molecule has 2 aromatic rings. The third-order valence-corrected chi connectivity index (χ3v) is 4.22. The standard InChI is InChI=1S/C16H20FN3O2/c1-22-15-9-19-13-7-6-11(17)10(16(13)20-15)8-18-12-4-2-3-5-14(12)21/h6-7,9,12,14,18,21H,2-5,8H2,1H3/t12-,14+/m0/s1. The smallest absolute Gasteiger partial charge is 0.232 e. The minimum absolute atomic E-state index is 0.00183. The minimum Gasteiger partial charge on any atom is -0.480 e. The Balaban J connectivity index is 1.86. The summed E-state index contributed by atoms with van der Waals surface area (Å²) >= 11 is 0. The molecule has 1 aromatic carbocycles. The Bertz CT molecular complexity index is 665. The molecule has 1 saturated carbocycles. The predicted molar refractivity (Wildman–Crippen MR) is 81.2 cm³/mol. The molecule has 0 aliphatic heterocycles. The van der Waals surface area contributed by atoms with Crippen molar-refractivity contribution in [1.82, 2.24) is 15.3 Å². The van der Waals surface area contributed by atoms with Crippen molar-refractivity contribution in [3.8, 4) is 5.88 Å². The Morgan fingerprint density at radius 2 is 2.18 bits per heavy atom. The molecule has 2 atom stereocenters. The Morgan fingerprint density at radius 1 is 1.36 bits per heavy atom. The number of aromatic nitrogens is 2. The fourth-order valence-corrected chi connectivity index (χ4v) is 2.94. The van der Waals surface area contributed by atoms with Gasteiger partial charge in [-0.2, -0.15) is 0 Å². The van der Waals surface area contributed by atoms with Gasteiger partial charge in [-0.25, -0.2) is 14.4 Å². The first-order valence-electron chi connectivity index (χ1n) is 7.58. The lowest BCUT2D eigenvalue weighted by atomic mass is 9.92. The zero-order chi connectivity index (χ0) is 15.5. The van der Waals surface area contributed by atoms with Crippen LogP contribution in [-0.4, -0.2) is 34.3 Å². The monoisotopic (exact) mass is 305 g/mol. The number of aliphatic hydroxyl groups excluding tert-OH is 1. The van der Waals surface area contributed by atoms with Crippen molar-refractivity contribution >= 4 is 11.0 Å². The number of ether oxygens (including phenoxy) is 1. The van der Waals surface area contributed by atoms with E-state index in [1.165, 1.54) is 19.4 Å². The second kappa shape index (κ2) is 6.54. The lowest BCUT2D eigenvalue weighted by molar-refractivity contribution is 0.0901. The lowest BCUT2D eigenvalue weighted by Crippen LogP contribution is -2.41. The van der Waals surface area contributed by atoms with Crippen LogP contribution in [0.5, 0.6) is 5.88 Å². The van der Waals surface area contributed by atoms with Crippen molar-refractivity contribution in [3.05, 3.63) is 29.7 Å². The number of nitrogens with zero attached hydrogens (tertiary/aromatic N) is 2. The van der Waals surface area contributed by atoms with Gasteiger partial charge < -0.3 is 15.2 Å². The maximum Gasteiger partial charge on any atom is 0.232 e. The summed E-state index contributed by atoms with van der Waals surface area (Å²) in [6.45, 7) is 0.312. The van der Waals surface area contributed by atoms with Gasteiger partial charge in [0.1, 0.15) is 11.3 Å². The number of methoxy groups -OCH3 is 1. The zero-order valence-electron chi connectivity index (χ0n) is 12.6. The van der Waals surface area contributed by atoms with E-state index >= 15 is 0 Å². The molecule has 0 unspecified atom stereocenters. The molecule has 1 aliphatic rings. The molecule has 1 heterocycles. The second-order valence-electron chi connectivity index (χ2n) is 5.65. The first kappa shape index (κ1) is 15.1. The highest BCUT2D eigenvalue weighted by Gasteiger charge is 2.23. The summed E-state index contributed by atoms with van der Waals surface area (Å²) in [4.78, 5) is 8.54. The molecule has 118 valence electrons. The number of rotatable bonds is 4. The second-order valence-corrected chi connectivity index (χ2v) is 5.65. The number of benzene rings is 1. The van der Waals surface area contributed by atoms with Crippen LogP contribution >= 0.6 is 0 Å². The normalized spacial score (nSPS) is 22.0. The maximum absolute atomic E-state index is 14.2. The summed E-state index contributed by atoms with van der Waals surface area (Å²) in [6, 6.07) is 3.01. The van der Waals surface area contributed by atoms with Crippen LogP contribution in [-0.2, 0) is 6.54 Å². The molecule has 1 aliphatic carbocycles. The number of fused-ring (bicyclic) bond motifs is 1. The Hall–Kier alpha value is -1.79. The number of halogens is 1. The summed E-state index contributed by atoms with van der Waals surface area (Å²) < 4.78 is 19.3. The third kappa shape index (κ3) is 3.03. The van der Waals surface area contributed by atoms with Gasteiger partial charge in [-0.3, -0.25) is 0 Å². The molecule has 0 saturated heterocycles. The first-order valence-corrected chi connectivity index (χ1v) is 7.58. The van der Waals surface area contributed by atoms with Crippen LogP contribution in [0, 0.1) is 5.82 Å². The molecule has 5 nitrogen and oxygen atoms in total. The fraction of sp³-hybridized carbons (Fsp3) is 0.500. The van der Waals surface area contributed by atoms with E-state index in [1.807, 2.05) is 0 Å². The topological polar surface area (TPSA) is 67.3 Å². The third-order valence-electron chi connectivity index (χ3n) is 4.22. The molecule has 0 bridgehead atoms. The number of hydrogen-bond donors (Lipinski definition) is 2. The van der Waals surface area contributed by atoms with Gasteiger partial charge in [0.05, 0.1) is 24.9 Å². The quantitative estimate of drug-likeness (QED) is 0.906. The van der Waals surface area contributed by atoms with Gasteiger partial charge in [0.15, 0.2) is 0 Å². The largest absolute Gasteiger partial charge is 0.480 e. The Morgan fingerprint density at radius 3 is 2.95 bits per heavy atom. The highest BCUT2D eigenvalue weighted by Crippen LogP contribution is 2.23. The molecule has 1 aromatic heterocycles. The van der Waals surface area contributed by atoms with Crippen molar-refractivity contribution in [2.24, 2.45) is 0 Å². The van der Waals surface area contributed by atoms with E-state index in [0.29, 0.717) is 29.0 Å². The summed E-state index contributed by atoms with van der Waals surface area (Å²) in [5.41, 5.74) is 1.59. The van der Waals surface area contributed by atoms with Gasteiger partial charge in [0.2, 0.25) is 5.88 Å². The van der Waals surface area contributed by atoms with Crippen molar-refractivity contribution in [2.45, 2.75) is 44.4 Å². The molecular weight excluding hydrogens is 285 g/mol. The molecule has 0 spiro atoms. The maximum atomic E-state index is 14.2. The van der Waals surface area contributed by atoms with Crippen molar-refractivity contribution < 1.29 is 14.2 Å². The average Bonchev–Trinajstić information content (AvgIpc) is 2.55. The summed E-state index contributed by atoms with van der Waals surface area (Å²) in [5, 5.41) is 13.3. The Kier molecular flexibility index (Phi) is 4.49. The lowest BCUT2D eigenvalue weighted by Gasteiger charge is -2.28. The predicted octanol–water partition coefficient (Wildman–Crippen LogP) is 2.17. The molecule has 22 heavy (non-hydrogen) atoms. The van der Waals surface area contributed by atoms with Gasteiger partial charge in [0.25, 0.3) is 0 Å².